The number of rotatable bonds is 6. The van der Waals surface area contributed by atoms with Crippen LogP contribution in [-0.2, 0) is 4.79 Å². The molecule has 3 N–H and O–H groups in total. The van der Waals surface area contributed by atoms with E-state index in [0.29, 0.717) is 5.69 Å². The Bertz CT molecular complexity index is 843. The van der Waals surface area contributed by atoms with E-state index in [4.69, 9.17) is 5.11 Å². The smallest absolute Gasteiger partial charge is 0.359 e. The van der Waals surface area contributed by atoms with E-state index < -0.39 is 35.3 Å². The van der Waals surface area contributed by atoms with Gasteiger partial charge in [0, 0.05) is 5.69 Å². The van der Waals surface area contributed by atoms with Gasteiger partial charge in [-0.3, -0.25) is 4.79 Å². The molecule has 1 heterocycles. The number of hydrogen-bond donors (Lipinski definition) is 3. The third-order valence-electron chi connectivity index (χ3n) is 3.74. The topological polar surface area (TPSA) is 134 Å². The van der Waals surface area contributed by atoms with Crippen molar-refractivity contribution in [2.75, 3.05) is 5.32 Å². The third kappa shape index (κ3) is 3.65. The van der Waals surface area contributed by atoms with Gasteiger partial charge in [-0.2, -0.15) is 0 Å². The second-order valence-electron chi connectivity index (χ2n) is 5.57. The molecule has 0 spiro atoms. The Morgan fingerprint density at radius 1 is 1.20 bits per heavy atom. The average Bonchev–Trinajstić information content (AvgIpc) is 2.97. The van der Waals surface area contributed by atoms with Gasteiger partial charge in [0.25, 0.3) is 0 Å². The fourth-order valence-electron chi connectivity index (χ4n) is 2.41. The van der Waals surface area contributed by atoms with Crippen LogP contribution in [0.2, 0.25) is 0 Å². The van der Waals surface area contributed by atoms with Crippen LogP contribution in [0.1, 0.15) is 51.5 Å². The SMILES string of the molecule is CC[C@@H](C(=O)Nc1cc(C)ccc1C)n1nnc(C(=O)O)c1C(=O)O. The number of hydrogen-bond acceptors (Lipinski definition) is 5. The van der Waals surface area contributed by atoms with Crippen molar-refractivity contribution in [3.63, 3.8) is 0 Å². The van der Waals surface area contributed by atoms with E-state index in [9.17, 15) is 19.5 Å². The van der Waals surface area contributed by atoms with Crippen LogP contribution >= 0.6 is 0 Å². The quantitative estimate of drug-likeness (QED) is 0.727. The number of carboxylic acid groups (broad SMARTS) is 2. The number of aromatic nitrogens is 3. The molecule has 0 unspecified atom stereocenters. The maximum absolute atomic E-state index is 12.6. The van der Waals surface area contributed by atoms with Crippen molar-refractivity contribution in [3.8, 4) is 0 Å². The zero-order valence-corrected chi connectivity index (χ0v) is 14.0. The predicted molar refractivity (Wildman–Crippen MR) is 87.8 cm³/mol. The molecule has 9 heteroatoms. The summed E-state index contributed by atoms with van der Waals surface area (Å²) < 4.78 is 0.840. The number of carboxylic acids is 2. The summed E-state index contributed by atoms with van der Waals surface area (Å²) in [5.41, 5.74) is 1.06. The lowest BCUT2D eigenvalue weighted by Crippen LogP contribution is -2.29. The highest BCUT2D eigenvalue weighted by Crippen LogP contribution is 2.21. The number of nitrogens with zero attached hydrogens (tertiary/aromatic N) is 3. The van der Waals surface area contributed by atoms with Crippen LogP contribution in [0.3, 0.4) is 0 Å². The standard InChI is InChI=1S/C16H18N4O5/c1-4-11(14(21)17-10-7-8(2)5-6-9(10)3)20-13(16(24)25)12(15(22)23)18-19-20/h5-7,11H,4H2,1-3H3,(H,17,21)(H,22,23)(H,24,25)/t11-/m0/s1. The van der Waals surface area contributed by atoms with E-state index in [0.717, 1.165) is 15.8 Å². The van der Waals surface area contributed by atoms with Crippen LogP contribution in [0.5, 0.6) is 0 Å². The van der Waals surface area contributed by atoms with Crippen LogP contribution in [0.25, 0.3) is 0 Å². The van der Waals surface area contributed by atoms with Gasteiger partial charge >= 0.3 is 11.9 Å². The zero-order valence-electron chi connectivity index (χ0n) is 14.0. The van der Waals surface area contributed by atoms with E-state index in [1.54, 1.807) is 13.0 Å². The molecule has 1 aromatic carbocycles. The van der Waals surface area contributed by atoms with Gasteiger partial charge in [-0.15, -0.1) is 5.10 Å². The van der Waals surface area contributed by atoms with Gasteiger partial charge < -0.3 is 15.5 Å². The maximum atomic E-state index is 12.6. The van der Waals surface area contributed by atoms with Crippen molar-refractivity contribution in [2.24, 2.45) is 0 Å². The van der Waals surface area contributed by atoms with Crippen molar-refractivity contribution < 1.29 is 24.6 Å². The highest BCUT2D eigenvalue weighted by molar-refractivity contribution is 6.00. The molecule has 1 atom stereocenters. The van der Waals surface area contributed by atoms with E-state index in [2.05, 4.69) is 15.6 Å². The number of carbonyl (C=O) groups excluding carboxylic acids is 1. The lowest BCUT2D eigenvalue weighted by molar-refractivity contribution is -0.119. The number of nitrogens with one attached hydrogen (secondary N) is 1. The molecule has 0 aliphatic rings. The first-order valence-corrected chi connectivity index (χ1v) is 7.56. The maximum Gasteiger partial charge on any atom is 0.359 e. The molecular weight excluding hydrogens is 328 g/mol. The Morgan fingerprint density at radius 2 is 1.88 bits per heavy atom. The fourth-order valence-corrected chi connectivity index (χ4v) is 2.41. The van der Waals surface area contributed by atoms with Crippen molar-refractivity contribution in [2.45, 2.75) is 33.2 Å². The molecule has 0 aliphatic carbocycles. The van der Waals surface area contributed by atoms with E-state index in [-0.39, 0.29) is 6.42 Å². The molecule has 2 rings (SSSR count). The third-order valence-corrected chi connectivity index (χ3v) is 3.74. The van der Waals surface area contributed by atoms with Crippen LogP contribution < -0.4 is 5.32 Å². The Kier molecular flexibility index (Phi) is 5.16. The average molecular weight is 346 g/mol. The zero-order chi connectivity index (χ0) is 18.7. The summed E-state index contributed by atoms with van der Waals surface area (Å²) in [5.74, 6) is -3.53. The number of aryl methyl sites for hydroxylation is 2. The van der Waals surface area contributed by atoms with Gasteiger partial charge in [-0.25, -0.2) is 14.3 Å². The van der Waals surface area contributed by atoms with Crippen LogP contribution in [0.4, 0.5) is 5.69 Å². The first-order valence-electron chi connectivity index (χ1n) is 7.56. The summed E-state index contributed by atoms with van der Waals surface area (Å²) in [7, 11) is 0. The molecule has 0 saturated heterocycles. The molecule has 0 fully saturated rings. The summed E-state index contributed by atoms with van der Waals surface area (Å²) in [5, 5.41) is 28.0. The number of anilines is 1. The van der Waals surface area contributed by atoms with E-state index in [1.165, 1.54) is 0 Å². The Balaban J connectivity index is 2.40. The minimum atomic E-state index is -1.52. The first-order chi connectivity index (χ1) is 11.8. The van der Waals surface area contributed by atoms with Gasteiger partial charge in [0.05, 0.1) is 0 Å². The van der Waals surface area contributed by atoms with Crippen LogP contribution in [-0.4, -0.2) is 43.1 Å². The molecule has 0 radical (unpaired) electrons. The molecule has 0 saturated carbocycles. The monoisotopic (exact) mass is 346 g/mol. The molecule has 132 valence electrons. The summed E-state index contributed by atoms with van der Waals surface area (Å²) in [6.45, 7) is 5.38. The normalized spacial score (nSPS) is 11.8. The Labute approximate surface area is 143 Å². The van der Waals surface area contributed by atoms with Crippen LogP contribution in [0, 0.1) is 13.8 Å². The number of amides is 1. The highest BCUT2D eigenvalue weighted by atomic mass is 16.4. The first kappa shape index (κ1) is 18.1. The number of carbonyl (C=O) groups is 3. The molecule has 1 amide bonds. The Morgan fingerprint density at radius 3 is 2.44 bits per heavy atom. The molecule has 0 bridgehead atoms. The van der Waals surface area contributed by atoms with Crippen molar-refractivity contribution >= 4 is 23.5 Å². The van der Waals surface area contributed by atoms with Crippen molar-refractivity contribution in [3.05, 3.63) is 40.7 Å². The number of aromatic carboxylic acids is 2. The largest absolute Gasteiger partial charge is 0.476 e. The molecule has 2 aromatic rings. The summed E-state index contributed by atoms with van der Waals surface area (Å²) in [4.78, 5) is 35.1. The molecule has 9 nitrogen and oxygen atoms in total. The van der Waals surface area contributed by atoms with E-state index in [1.807, 2.05) is 26.0 Å². The lowest BCUT2D eigenvalue weighted by atomic mass is 10.1. The van der Waals surface area contributed by atoms with Crippen molar-refractivity contribution in [1.82, 2.24) is 15.0 Å². The summed E-state index contributed by atoms with van der Waals surface area (Å²) in [6.07, 6.45) is 0.208. The van der Waals surface area contributed by atoms with Crippen molar-refractivity contribution in [1.29, 1.82) is 0 Å². The summed E-state index contributed by atoms with van der Waals surface area (Å²) in [6, 6.07) is 4.54. The number of benzene rings is 1. The van der Waals surface area contributed by atoms with Gasteiger partial charge in [0.15, 0.2) is 5.69 Å². The Hall–Kier alpha value is -3.23. The fraction of sp³-hybridized carbons (Fsp3) is 0.312. The molecular formula is C16H18N4O5. The van der Waals surface area contributed by atoms with Gasteiger partial charge in [0.1, 0.15) is 6.04 Å². The molecule has 1 aromatic heterocycles. The predicted octanol–water partition coefficient (Wildman–Crippen LogP) is 1.88. The van der Waals surface area contributed by atoms with E-state index >= 15 is 0 Å². The second-order valence-corrected chi connectivity index (χ2v) is 5.57. The van der Waals surface area contributed by atoms with Gasteiger partial charge in [-0.05, 0) is 37.5 Å². The molecule has 25 heavy (non-hydrogen) atoms. The highest BCUT2D eigenvalue weighted by Gasteiger charge is 2.31. The minimum absolute atomic E-state index is 0.208. The summed E-state index contributed by atoms with van der Waals surface area (Å²) >= 11 is 0. The van der Waals surface area contributed by atoms with Gasteiger partial charge in [-0.1, -0.05) is 24.3 Å². The minimum Gasteiger partial charge on any atom is -0.476 e. The van der Waals surface area contributed by atoms with Gasteiger partial charge in [0.2, 0.25) is 11.6 Å². The molecule has 0 aliphatic heterocycles. The second kappa shape index (κ2) is 7.12. The van der Waals surface area contributed by atoms with Crippen LogP contribution in [0.15, 0.2) is 18.2 Å². The lowest BCUT2D eigenvalue weighted by Gasteiger charge is -2.17.